The summed E-state index contributed by atoms with van der Waals surface area (Å²) in [5.74, 6) is -0.218. The Labute approximate surface area is 122 Å². The van der Waals surface area contributed by atoms with Gasteiger partial charge in [0.2, 0.25) is 0 Å². The molecular weight excluding hydrogens is 306 g/mol. The topological polar surface area (TPSA) is 49.3 Å². The monoisotopic (exact) mass is 325 g/mol. The normalized spacial score (nSPS) is 18.2. The number of hydrogen-bond donors (Lipinski definition) is 2. The molecule has 0 saturated heterocycles. The number of benzene rings is 1. The highest BCUT2D eigenvalue weighted by molar-refractivity contribution is 9.08. The van der Waals surface area contributed by atoms with Gasteiger partial charge in [-0.25, -0.2) is 4.34 Å². The van der Waals surface area contributed by atoms with E-state index >= 15 is 0 Å². The van der Waals surface area contributed by atoms with E-state index in [-0.39, 0.29) is 0 Å². The summed E-state index contributed by atoms with van der Waals surface area (Å²) in [6.07, 6.45) is 6.90. The van der Waals surface area contributed by atoms with Gasteiger partial charge in [-0.1, -0.05) is 43.5 Å². The van der Waals surface area contributed by atoms with Crippen LogP contribution in [0.1, 0.15) is 49.1 Å². The Hall–Kier alpha value is -0.870. The van der Waals surface area contributed by atoms with Gasteiger partial charge in [-0.3, -0.25) is 4.79 Å². The van der Waals surface area contributed by atoms with E-state index in [0.717, 1.165) is 5.56 Å². The fourth-order valence-electron chi connectivity index (χ4n) is 2.92. The lowest BCUT2D eigenvalue weighted by Gasteiger charge is -2.25. The van der Waals surface area contributed by atoms with Gasteiger partial charge in [0.25, 0.3) is 0 Å². The van der Waals surface area contributed by atoms with Crippen LogP contribution in [0.25, 0.3) is 0 Å². The molecule has 0 radical (unpaired) electrons. The second-order valence-corrected chi connectivity index (χ2v) is 5.70. The fraction of sp³-hybridized carbons (Fsp3) is 0.533. The molecule has 1 saturated carbocycles. The van der Waals surface area contributed by atoms with Gasteiger partial charge in [0.1, 0.15) is 6.04 Å². The summed E-state index contributed by atoms with van der Waals surface area (Å²) < 4.78 is 2.69. The molecule has 0 amide bonds. The third-order valence-electron chi connectivity index (χ3n) is 3.95. The molecule has 19 heavy (non-hydrogen) atoms. The highest BCUT2D eigenvalue weighted by atomic mass is 79.9. The number of rotatable bonds is 5. The summed E-state index contributed by atoms with van der Waals surface area (Å²) in [5, 5.41) is 9.14. The minimum Gasteiger partial charge on any atom is -0.480 e. The Bertz CT molecular complexity index is 430. The van der Waals surface area contributed by atoms with E-state index in [4.69, 9.17) is 5.11 Å². The maximum atomic E-state index is 11.1. The average Bonchev–Trinajstić information content (AvgIpc) is 2.45. The van der Waals surface area contributed by atoms with E-state index in [1.807, 2.05) is 6.07 Å². The zero-order valence-corrected chi connectivity index (χ0v) is 12.5. The van der Waals surface area contributed by atoms with Gasteiger partial charge in [0.15, 0.2) is 0 Å². The van der Waals surface area contributed by atoms with Crippen LogP contribution in [0.4, 0.5) is 0 Å². The van der Waals surface area contributed by atoms with E-state index < -0.39 is 12.0 Å². The van der Waals surface area contributed by atoms with Gasteiger partial charge in [-0.05, 0) is 36.3 Å². The molecule has 1 aliphatic rings. The van der Waals surface area contributed by atoms with Gasteiger partial charge in [-0.2, -0.15) is 0 Å². The number of aliphatic carboxylic acids is 1. The zero-order chi connectivity index (χ0) is 13.7. The van der Waals surface area contributed by atoms with Crippen molar-refractivity contribution in [3.63, 3.8) is 0 Å². The van der Waals surface area contributed by atoms with Crippen molar-refractivity contribution in [1.29, 1.82) is 0 Å². The van der Waals surface area contributed by atoms with Crippen LogP contribution in [0.5, 0.6) is 0 Å². The van der Waals surface area contributed by atoms with E-state index in [1.54, 1.807) is 0 Å². The predicted molar refractivity (Wildman–Crippen MR) is 79.5 cm³/mol. The Balaban J connectivity index is 2.17. The summed E-state index contributed by atoms with van der Waals surface area (Å²) >= 11 is 3.06. The maximum Gasteiger partial charge on any atom is 0.321 e. The quantitative estimate of drug-likeness (QED) is 0.813. The molecule has 4 heteroatoms. The first-order chi connectivity index (χ1) is 9.22. The van der Waals surface area contributed by atoms with Crippen LogP contribution in [0.2, 0.25) is 0 Å². The zero-order valence-electron chi connectivity index (χ0n) is 10.9. The highest BCUT2D eigenvalue weighted by Gasteiger charge is 2.22. The van der Waals surface area contributed by atoms with Crippen molar-refractivity contribution in [2.75, 3.05) is 0 Å². The van der Waals surface area contributed by atoms with Crippen molar-refractivity contribution >= 4 is 22.1 Å². The molecule has 1 aromatic carbocycles. The molecule has 0 unspecified atom stereocenters. The summed E-state index contributed by atoms with van der Waals surface area (Å²) in [5.41, 5.74) is 2.50. The van der Waals surface area contributed by atoms with E-state index in [0.29, 0.717) is 12.3 Å². The summed E-state index contributed by atoms with van der Waals surface area (Å²) in [7, 11) is 0. The van der Waals surface area contributed by atoms with Gasteiger partial charge >= 0.3 is 5.97 Å². The van der Waals surface area contributed by atoms with Gasteiger partial charge < -0.3 is 5.11 Å². The molecule has 2 N–H and O–H groups in total. The third-order valence-corrected chi connectivity index (χ3v) is 4.51. The van der Waals surface area contributed by atoms with Crippen LogP contribution in [0.3, 0.4) is 0 Å². The Morgan fingerprint density at radius 1 is 1.32 bits per heavy atom. The van der Waals surface area contributed by atoms with E-state index in [9.17, 15) is 4.79 Å². The Morgan fingerprint density at radius 2 is 2.00 bits per heavy atom. The third kappa shape index (κ3) is 3.80. The van der Waals surface area contributed by atoms with Gasteiger partial charge in [0.05, 0.1) is 0 Å². The maximum absolute atomic E-state index is 11.1. The minimum absolute atomic E-state index is 0.521. The van der Waals surface area contributed by atoms with Crippen LogP contribution in [-0.2, 0) is 11.2 Å². The van der Waals surface area contributed by atoms with Crippen molar-refractivity contribution in [3.05, 3.63) is 35.4 Å². The molecule has 0 spiro atoms. The molecule has 2 rings (SSSR count). The highest BCUT2D eigenvalue weighted by Crippen LogP contribution is 2.34. The number of carbonyl (C=O) groups is 1. The predicted octanol–water partition coefficient (Wildman–Crippen LogP) is 3.63. The lowest BCUT2D eigenvalue weighted by molar-refractivity contribution is -0.138. The van der Waals surface area contributed by atoms with Crippen molar-refractivity contribution in [2.45, 2.75) is 50.5 Å². The second-order valence-electron chi connectivity index (χ2n) is 5.24. The van der Waals surface area contributed by atoms with Crippen molar-refractivity contribution in [2.24, 2.45) is 0 Å². The first-order valence-electron chi connectivity index (χ1n) is 6.89. The molecule has 3 nitrogen and oxygen atoms in total. The molecule has 1 aliphatic carbocycles. The van der Waals surface area contributed by atoms with Crippen LogP contribution in [-0.4, -0.2) is 17.1 Å². The van der Waals surface area contributed by atoms with E-state index in [2.05, 4.69) is 38.7 Å². The summed E-state index contributed by atoms with van der Waals surface area (Å²) in [4.78, 5) is 11.1. The van der Waals surface area contributed by atoms with Crippen LogP contribution in [0, 0.1) is 0 Å². The molecule has 0 bridgehead atoms. The van der Waals surface area contributed by atoms with Gasteiger partial charge in [0, 0.05) is 16.1 Å². The molecule has 1 aromatic rings. The molecule has 0 heterocycles. The molecule has 0 aliphatic heterocycles. The molecule has 104 valence electrons. The SMILES string of the molecule is O=C(O)[C@H](Cc1ccccc1C1CCCCC1)NBr. The smallest absolute Gasteiger partial charge is 0.321 e. The lowest BCUT2D eigenvalue weighted by atomic mass is 9.81. The Kier molecular flexibility index (Phi) is 5.40. The number of carboxylic acid groups (broad SMARTS) is 1. The second kappa shape index (κ2) is 7.06. The van der Waals surface area contributed by atoms with Crippen molar-refractivity contribution < 1.29 is 9.90 Å². The van der Waals surface area contributed by atoms with Crippen molar-refractivity contribution in [1.82, 2.24) is 4.34 Å². The number of hydrogen-bond acceptors (Lipinski definition) is 2. The van der Waals surface area contributed by atoms with Crippen LogP contribution in [0.15, 0.2) is 24.3 Å². The largest absolute Gasteiger partial charge is 0.480 e. The minimum atomic E-state index is -0.824. The number of carboxylic acids is 1. The standard InChI is InChI=1S/C15H20BrNO2/c16-17-14(15(18)19)10-12-8-4-5-9-13(12)11-6-2-1-3-7-11/h4-5,8-9,11,14,17H,1-3,6-7,10H2,(H,18,19)/t14-/m0/s1. The average molecular weight is 326 g/mol. The molecule has 0 aromatic heterocycles. The molecular formula is C15H20BrNO2. The number of nitrogens with one attached hydrogen (secondary N) is 1. The van der Waals surface area contributed by atoms with Crippen LogP contribution >= 0.6 is 16.1 Å². The Morgan fingerprint density at radius 3 is 2.63 bits per heavy atom. The van der Waals surface area contributed by atoms with Crippen LogP contribution < -0.4 is 4.34 Å². The van der Waals surface area contributed by atoms with E-state index in [1.165, 1.54) is 37.7 Å². The lowest BCUT2D eigenvalue weighted by Crippen LogP contribution is -2.32. The summed E-state index contributed by atoms with van der Waals surface area (Å²) in [6.45, 7) is 0. The van der Waals surface area contributed by atoms with Crippen molar-refractivity contribution in [3.8, 4) is 0 Å². The first-order valence-corrected chi connectivity index (χ1v) is 7.68. The van der Waals surface area contributed by atoms with Gasteiger partial charge in [-0.15, -0.1) is 0 Å². The fourth-order valence-corrected chi connectivity index (χ4v) is 3.28. The summed E-state index contributed by atoms with van der Waals surface area (Å²) in [6, 6.07) is 7.70. The molecule has 1 atom stereocenters. The molecule has 1 fully saturated rings. The first kappa shape index (κ1) is 14.5. The number of halogens is 1.